The molecule has 1 amide bonds. The first kappa shape index (κ1) is 38.7. The summed E-state index contributed by atoms with van der Waals surface area (Å²) in [5.74, 6) is 0.622. The van der Waals surface area contributed by atoms with Crippen molar-refractivity contribution in [2.24, 2.45) is 0 Å². The van der Waals surface area contributed by atoms with Crippen LogP contribution in [0.4, 0.5) is 4.79 Å². The zero-order valence-electron chi connectivity index (χ0n) is 29.0. The first-order valence-corrected chi connectivity index (χ1v) is 19.2. The van der Waals surface area contributed by atoms with Gasteiger partial charge in [-0.1, -0.05) is 103 Å². The lowest BCUT2D eigenvalue weighted by Crippen LogP contribution is -2.48. The van der Waals surface area contributed by atoms with Gasteiger partial charge in [0.2, 0.25) is 0 Å². The number of hydrogen-bond donors (Lipinski definition) is 1. The lowest BCUT2D eigenvalue weighted by molar-refractivity contribution is -0.154. The number of esters is 1. The van der Waals surface area contributed by atoms with E-state index in [9.17, 15) is 14.2 Å². The van der Waals surface area contributed by atoms with Gasteiger partial charge >= 0.3 is 19.7 Å². The van der Waals surface area contributed by atoms with Gasteiger partial charge in [0, 0.05) is 5.75 Å². The van der Waals surface area contributed by atoms with Crippen molar-refractivity contribution in [3.63, 3.8) is 0 Å². The zero-order valence-corrected chi connectivity index (χ0v) is 30.7. The summed E-state index contributed by atoms with van der Waals surface area (Å²) < 4.78 is 43.2. The number of rotatable bonds is 18. The Morgan fingerprint density at radius 3 is 1.70 bits per heavy atom. The Bertz CT molecular complexity index is 1600. The van der Waals surface area contributed by atoms with E-state index in [1.807, 2.05) is 115 Å². The largest absolute Gasteiger partial charge is 0.497 e. The number of benzene rings is 4. The van der Waals surface area contributed by atoms with Crippen molar-refractivity contribution in [1.29, 1.82) is 0 Å². The molecule has 1 N–H and O–H groups in total. The molecule has 0 saturated carbocycles. The third-order valence-electron chi connectivity index (χ3n) is 7.36. The minimum Gasteiger partial charge on any atom is -0.497 e. The van der Waals surface area contributed by atoms with Crippen LogP contribution in [0.15, 0.2) is 115 Å². The first-order valence-electron chi connectivity index (χ1n) is 16.4. The Labute approximate surface area is 299 Å². The van der Waals surface area contributed by atoms with Crippen molar-refractivity contribution in [2.45, 2.75) is 69.7 Å². The van der Waals surface area contributed by atoms with E-state index in [4.69, 9.17) is 23.3 Å². The molecule has 0 fully saturated rings. The first-order chi connectivity index (χ1) is 24.0. The summed E-state index contributed by atoms with van der Waals surface area (Å²) in [6.45, 7) is 5.52. The summed E-state index contributed by atoms with van der Waals surface area (Å²) in [4.78, 5) is 27.1. The van der Waals surface area contributed by atoms with Crippen LogP contribution in [0.3, 0.4) is 0 Å². The van der Waals surface area contributed by atoms with E-state index in [2.05, 4.69) is 5.32 Å². The molecule has 50 heavy (non-hydrogen) atoms. The fourth-order valence-electron chi connectivity index (χ4n) is 4.79. The van der Waals surface area contributed by atoms with Gasteiger partial charge in [-0.15, -0.1) is 11.8 Å². The number of carbonyl (C=O) groups excluding carboxylic acids is 2. The summed E-state index contributed by atoms with van der Waals surface area (Å²) in [5, 5.41) is 2.00. The fourth-order valence-corrected chi connectivity index (χ4v) is 7.59. The SMILES string of the molecule is COc1ccc(CS[C@H](C(=O)OC(C)(C)C)[C@H](CCP(=O)(OCc2ccccc2)OCc2ccccc2)NC(=O)OCc2ccccc2)cc1. The monoisotopic (exact) mass is 719 g/mol. The second kappa shape index (κ2) is 19.3. The van der Waals surface area contributed by atoms with Crippen LogP contribution in [0.5, 0.6) is 5.75 Å². The van der Waals surface area contributed by atoms with E-state index in [1.165, 1.54) is 11.8 Å². The molecule has 4 aromatic carbocycles. The van der Waals surface area contributed by atoms with Crippen LogP contribution in [0, 0.1) is 0 Å². The molecule has 0 saturated heterocycles. The van der Waals surface area contributed by atoms with Crippen LogP contribution in [-0.2, 0) is 53.5 Å². The lowest BCUT2D eigenvalue weighted by Gasteiger charge is -2.30. The highest BCUT2D eigenvalue weighted by Gasteiger charge is 2.37. The molecular weight excluding hydrogens is 673 g/mol. The van der Waals surface area contributed by atoms with Crippen LogP contribution in [0.2, 0.25) is 0 Å². The van der Waals surface area contributed by atoms with E-state index in [0.29, 0.717) is 11.5 Å². The van der Waals surface area contributed by atoms with E-state index >= 15 is 0 Å². The Kier molecular flexibility index (Phi) is 15.0. The number of alkyl carbamates (subject to hydrolysis) is 1. The predicted molar refractivity (Wildman–Crippen MR) is 197 cm³/mol. The molecule has 0 unspecified atom stereocenters. The quantitative estimate of drug-likeness (QED) is 0.0796. The summed E-state index contributed by atoms with van der Waals surface area (Å²) >= 11 is 1.32. The molecule has 0 spiro atoms. The van der Waals surface area contributed by atoms with Gasteiger partial charge in [0.1, 0.15) is 23.2 Å². The van der Waals surface area contributed by atoms with Crippen molar-refractivity contribution in [3.05, 3.63) is 138 Å². The smallest absolute Gasteiger partial charge is 0.407 e. The number of nitrogens with one attached hydrogen (secondary N) is 1. The molecule has 4 aromatic rings. The van der Waals surface area contributed by atoms with Gasteiger partial charge in [-0.2, -0.15) is 0 Å². The van der Waals surface area contributed by atoms with Gasteiger partial charge in [-0.3, -0.25) is 9.36 Å². The molecule has 4 rings (SSSR count). The predicted octanol–water partition coefficient (Wildman–Crippen LogP) is 8.95. The molecule has 2 atom stereocenters. The van der Waals surface area contributed by atoms with E-state index in [0.717, 1.165) is 22.3 Å². The fraction of sp³-hybridized carbons (Fsp3) is 0.333. The Balaban J connectivity index is 1.59. The van der Waals surface area contributed by atoms with Gasteiger partial charge < -0.3 is 28.6 Å². The molecule has 0 aliphatic heterocycles. The number of carbonyl (C=O) groups is 2. The van der Waals surface area contributed by atoms with Gasteiger partial charge in [-0.25, -0.2) is 4.79 Å². The third-order valence-corrected chi connectivity index (χ3v) is 10.6. The van der Waals surface area contributed by atoms with Crippen molar-refractivity contribution in [1.82, 2.24) is 5.32 Å². The summed E-state index contributed by atoms with van der Waals surface area (Å²) in [6, 6.07) is 34.8. The Morgan fingerprint density at radius 1 is 0.720 bits per heavy atom. The number of thioether (sulfide) groups is 1. The molecule has 0 bridgehead atoms. The maximum atomic E-state index is 14.4. The normalized spacial score (nSPS) is 12.8. The highest BCUT2D eigenvalue weighted by molar-refractivity contribution is 7.99. The van der Waals surface area contributed by atoms with Crippen LogP contribution >= 0.6 is 19.4 Å². The average molecular weight is 720 g/mol. The number of ether oxygens (including phenoxy) is 3. The van der Waals surface area contributed by atoms with Crippen molar-refractivity contribution in [3.8, 4) is 5.75 Å². The maximum Gasteiger partial charge on any atom is 0.407 e. The van der Waals surface area contributed by atoms with Crippen LogP contribution in [0.25, 0.3) is 0 Å². The number of hydrogen-bond acceptors (Lipinski definition) is 9. The van der Waals surface area contributed by atoms with E-state index in [-0.39, 0.29) is 32.4 Å². The molecule has 0 radical (unpaired) electrons. The molecular formula is C39H46NO8PS. The summed E-state index contributed by atoms with van der Waals surface area (Å²) in [7, 11) is -2.18. The second-order valence-electron chi connectivity index (χ2n) is 12.6. The van der Waals surface area contributed by atoms with Crippen LogP contribution in [0.1, 0.15) is 49.4 Å². The maximum absolute atomic E-state index is 14.4. The molecule has 0 heterocycles. The van der Waals surface area contributed by atoms with Crippen molar-refractivity contribution in [2.75, 3.05) is 13.3 Å². The minimum atomic E-state index is -3.78. The molecule has 11 heteroatoms. The van der Waals surface area contributed by atoms with Gasteiger partial charge in [-0.05, 0) is 61.6 Å². The molecule has 266 valence electrons. The topological polar surface area (TPSA) is 109 Å². The number of methoxy groups -OCH3 is 1. The molecule has 0 aliphatic carbocycles. The van der Waals surface area contributed by atoms with E-state index < -0.39 is 36.6 Å². The van der Waals surface area contributed by atoms with Crippen molar-refractivity contribution < 1.29 is 37.4 Å². The zero-order chi connectivity index (χ0) is 35.8. The standard InChI is InChI=1S/C39H46NO8PS/c1-39(2,3)48-37(41)36(50-29-33-20-22-34(44-4)23-21-33)35(40-38(42)45-26-30-14-8-5-9-15-30)24-25-49(43,46-27-31-16-10-6-11-17-31)47-28-32-18-12-7-13-19-32/h5-23,35-36H,24-29H2,1-4H3,(H,40,42)/t35-,36-/m0/s1. The lowest BCUT2D eigenvalue weighted by atomic mass is 10.1. The van der Waals surface area contributed by atoms with Gasteiger partial charge in [0.05, 0.1) is 32.5 Å². The third kappa shape index (κ3) is 13.7. The van der Waals surface area contributed by atoms with Crippen LogP contribution < -0.4 is 10.1 Å². The van der Waals surface area contributed by atoms with Gasteiger partial charge in [0.25, 0.3) is 0 Å². The van der Waals surface area contributed by atoms with E-state index in [1.54, 1.807) is 27.9 Å². The highest BCUT2D eigenvalue weighted by Crippen LogP contribution is 2.51. The second-order valence-corrected chi connectivity index (χ2v) is 15.9. The average Bonchev–Trinajstić information content (AvgIpc) is 3.12. The van der Waals surface area contributed by atoms with Gasteiger partial charge in [0.15, 0.2) is 0 Å². The molecule has 0 aromatic heterocycles. The van der Waals surface area contributed by atoms with Crippen molar-refractivity contribution >= 4 is 31.4 Å². The molecule has 0 aliphatic rings. The minimum absolute atomic E-state index is 0.0361. The Hall–Kier alpha value is -4.08. The number of amides is 1. The Morgan fingerprint density at radius 2 is 1.22 bits per heavy atom. The summed E-state index contributed by atoms with van der Waals surface area (Å²) in [5.41, 5.74) is 2.62. The van der Waals surface area contributed by atoms with Crippen LogP contribution in [-0.4, -0.2) is 42.2 Å². The summed E-state index contributed by atoms with van der Waals surface area (Å²) in [6.07, 6.45) is -0.734. The molecule has 9 nitrogen and oxygen atoms in total. The highest BCUT2D eigenvalue weighted by atomic mass is 32.2.